The van der Waals surface area contributed by atoms with Gasteiger partial charge in [0.1, 0.15) is 0 Å². The van der Waals surface area contributed by atoms with Gasteiger partial charge in [-0.25, -0.2) is 0 Å². The van der Waals surface area contributed by atoms with E-state index in [1.54, 1.807) is 0 Å². The normalized spacial score (nSPS) is 19.5. The molecule has 1 unspecified atom stereocenters. The first-order valence-electron chi connectivity index (χ1n) is 11.1. The number of likely N-dealkylation sites (tertiary alicyclic amines) is 1. The van der Waals surface area contributed by atoms with Crippen LogP contribution in [0.15, 0.2) is 36.4 Å². The molecule has 0 aliphatic carbocycles. The molecular formula is C24H32N4O3. The van der Waals surface area contributed by atoms with E-state index in [9.17, 15) is 4.79 Å². The van der Waals surface area contributed by atoms with E-state index in [4.69, 9.17) is 9.47 Å². The number of hydrogen-bond donors (Lipinski definition) is 0. The minimum Gasteiger partial charge on any atom is -0.476 e. The standard InChI is InChI=1S/C24H32N4O3/c1-24(2,3)21-8-9-22(26-25-21)31-17-18-10-11-28(16-18)23(29)19-4-6-20(7-5-19)27-12-14-30-15-13-27/h4-9,18H,10-17H2,1-3H3. The third kappa shape index (κ3) is 5.34. The van der Waals surface area contributed by atoms with Crippen molar-refractivity contribution in [3.05, 3.63) is 47.7 Å². The Morgan fingerprint density at radius 1 is 1.06 bits per heavy atom. The van der Waals surface area contributed by atoms with Crippen LogP contribution in [0, 0.1) is 5.92 Å². The Morgan fingerprint density at radius 2 is 1.81 bits per heavy atom. The Morgan fingerprint density at radius 3 is 2.45 bits per heavy atom. The molecular weight excluding hydrogens is 392 g/mol. The summed E-state index contributed by atoms with van der Waals surface area (Å²) in [6.07, 6.45) is 0.936. The van der Waals surface area contributed by atoms with Gasteiger partial charge in [-0.3, -0.25) is 4.79 Å². The van der Waals surface area contributed by atoms with Crippen molar-refractivity contribution in [3.63, 3.8) is 0 Å². The molecule has 166 valence electrons. The molecule has 2 aromatic rings. The van der Waals surface area contributed by atoms with Crippen LogP contribution in [-0.4, -0.2) is 67.0 Å². The van der Waals surface area contributed by atoms with Gasteiger partial charge in [0, 0.05) is 54.8 Å². The lowest BCUT2D eigenvalue weighted by molar-refractivity contribution is 0.0782. The van der Waals surface area contributed by atoms with Crippen LogP contribution in [0.3, 0.4) is 0 Å². The van der Waals surface area contributed by atoms with E-state index in [2.05, 4.69) is 35.9 Å². The van der Waals surface area contributed by atoms with Crippen molar-refractivity contribution in [1.82, 2.24) is 15.1 Å². The van der Waals surface area contributed by atoms with Crippen molar-refractivity contribution >= 4 is 11.6 Å². The lowest BCUT2D eigenvalue weighted by Gasteiger charge is -2.29. The van der Waals surface area contributed by atoms with Gasteiger partial charge in [0.2, 0.25) is 5.88 Å². The number of hydrogen-bond acceptors (Lipinski definition) is 6. The number of nitrogens with zero attached hydrogens (tertiary/aromatic N) is 4. The van der Waals surface area contributed by atoms with Crippen LogP contribution in [0.4, 0.5) is 5.69 Å². The van der Waals surface area contributed by atoms with Gasteiger partial charge in [0.05, 0.1) is 25.5 Å². The van der Waals surface area contributed by atoms with Gasteiger partial charge >= 0.3 is 0 Å². The fraction of sp³-hybridized carbons (Fsp3) is 0.542. The molecule has 4 rings (SSSR count). The largest absolute Gasteiger partial charge is 0.476 e. The van der Waals surface area contributed by atoms with E-state index in [-0.39, 0.29) is 11.3 Å². The molecule has 1 aromatic heterocycles. The topological polar surface area (TPSA) is 67.8 Å². The smallest absolute Gasteiger partial charge is 0.253 e. The van der Waals surface area contributed by atoms with Crippen LogP contribution < -0.4 is 9.64 Å². The summed E-state index contributed by atoms with van der Waals surface area (Å²) in [6.45, 7) is 11.6. The highest BCUT2D eigenvalue weighted by Crippen LogP contribution is 2.23. The molecule has 1 atom stereocenters. The van der Waals surface area contributed by atoms with Crippen LogP contribution in [0.5, 0.6) is 5.88 Å². The molecule has 2 fully saturated rings. The number of carbonyl (C=O) groups excluding carboxylic acids is 1. The summed E-state index contributed by atoms with van der Waals surface area (Å²) in [5.74, 6) is 0.933. The quantitative estimate of drug-likeness (QED) is 0.735. The summed E-state index contributed by atoms with van der Waals surface area (Å²) < 4.78 is 11.3. The number of carbonyl (C=O) groups is 1. The minimum atomic E-state index is -0.0295. The first kappa shape index (κ1) is 21.6. The van der Waals surface area contributed by atoms with Crippen LogP contribution >= 0.6 is 0 Å². The van der Waals surface area contributed by atoms with Gasteiger partial charge < -0.3 is 19.3 Å². The predicted molar refractivity (Wildman–Crippen MR) is 120 cm³/mol. The zero-order valence-electron chi connectivity index (χ0n) is 18.7. The summed E-state index contributed by atoms with van der Waals surface area (Å²) in [5, 5.41) is 8.46. The Balaban J connectivity index is 1.27. The molecule has 3 heterocycles. The number of rotatable bonds is 5. The molecule has 7 nitrogen and oxygen atoms in total. The molecule has 1 aromatic carbocycles. The maximum absolute atomic E-state index is 12.9. The molecule has 2 aliphatic heterocycles. The van der Waals surface area contributed by atoms with Crippen molar-refractivity contribution < 1.29 is 14.3 Å². The molecule has 0 radical (unpaired) electrons. The number of ether oxygens (including phenoxy) is 2. The third-order valence-corrected chi connectivity index (χ3v) is 5.94. The summed E-state index contributed by atoms with van der Waals surface area (Å²) >= 11 is 0. The average molecular weight is 425 g/mol. The molecule has 0 saturated carbocycles. The maximum Gasteiger partial charge on any atom is 0.253 e. The number of morpholine rings is 1. The first-order chi connectivity index (χ1) is 14.9. The third-order valence-electron chi connectivity index (χ3n) is 5.94. The van der Waals surface area contributed by atoms with Gasteiger partial charge in [-0.1, -0.05) is 20.8 Å². The van der Waals surface area contributed by atoms with Crippen LogP contribution in [0.25, 0.3) is 0 Å². The van der Waals surface area contributed by atoms with Crippen molar-refractivity contribution in [2.75, 3.05) is 50.9 Å². The lowest BCUT2D eigenvalue weighted by atomic mass is 9.92. The summed E-state index contributed by atoms with van der Waals surface area (Å²) in [7, 11) is 0. The van der Waals surface area contributed by atoms with Gasteiger partial charge in [0.25, 0.3) is 5.91 Å². The molecule has 31 heavy (non-hydrogen) atoms. The van der Waals surface area contributed by atoms with Crippen molar-refractivity contribution in [2.45, 2.75) is 32.6 Å². The van der Waals surface area contributed by atoms with Crippen molar-refractivity contribution in [2.24, 2.45) is 5.92 Å². The Bertz CT molecular complexity index is 871. The average Bonchev–Trinajstić information content (AvgIpc) is 3.27. The second-order valence-corrected chi connectivity index (χ2v) is 9.37. The molecule has 2 saturated heterocycles. The zero-order chi connectivity index (χ0) is 21.8. The number of amides is 1. The summed E-state index contributed by atoms with van der Waals surface area (Å²) in [6, 6.07) is 11.8. The van der Waals surface area contributed by atoms with Crippen molar-refractivity contribution in [3.8, 4) is 5.88 Å². The van der Waals surface area contributed by atoms with Crippen LogP contribution in [-0.2, 0) is 10.2 Å². The number of aromatic nitrogens is 2. The SMILES string of the molecule is CC(C)(C)c1ccc(OCC2CCN(C(=O)c3ccc(N4CCOCC4)cc3)C2)nn1. The Hall–Kier alpha value is -2.67. The fourth-order valence-electron chi connectivity index (χ4n) is 3.97. The molecule has 1 amide bonds. The van der Waals surface area contributed by atoms with E-state index in [0.717, 1.165) is 56.2 Å². The first-order valence-corrected chi connectivity index (χ1v) is 11.1. The lowest BCUT2D eigenvalue weighted by Crippen LogP contribution is -2.36. The molecule has 7 heteroatoms. The van der Waals surface area contributed by atoms with Gasteiger partial charge in [-0.2, -0.15) is 5.10 Å². The summed E-state index contributed by atoms with van der Waals surface area (Å²) in [5.41, 5.74) is 2.79. The molecule has 0 bridgehead atoms. The number of anilines is 1. The predicted octanol–water partition coefficient (Wildman–Crippen LogP) is 3.15. The van der Waals surface area contributed by atoms with E-state index < -0.39 is 0 Å². The number of benzene rings is 1. The molecule has 0 spiro atoms. The van der Waals surface area contributed by atoms with Crippen molar-refractivity contribution in [1.29, 1.82) is 0 Å². The maximum atomic E-state index is 12.9. The Labute approximate surface area is 184 Å². The summed E-state index contributed by atoms with van der Waals surface area (Å²) in [4.78, 5) is 17.1. The van der Waals surface area contributed by atoms with Gasteiger partial charge in [-0.05, 0) is 36.8 Å². The molecule has 2 aliphatic rings. The van der Waals surface area contributed by atoms with E-state index in [0.29, 0.717) is 24.9 Å². The zero-order valence-corrected chi connectivity index (χ0v) is 18.7. The highest BCUT2D eigenvalue weighted by atomic mass is 16.5. The van der Waals surface area contributed by atoms with Crippen LogP contribution in [0.2, 0.25) is 0 Å². The highest BCUT2D eigenvalue weighted by Gasteiger charge is 2.28. The minimum absolute atomic E-state index is 0.0295. The second-order valence-electron chi connectivity index (χ2n) is 9.37. The van der Waals surface area contributed by atoms with Crippen LogP contribution in [0.1, 0.15) is 43.2 Å². The second kappa shape index (κ2) is 9.22. The van der Waals surface area contributed by atoms with Gasteiger partial charge in [-0.15, -0.1) is 5.10 Å². The van der Waals surface area contributed by atoms with E-state index >= 15 is 0 Å². The van der Waals surface area contributed by atoms with Gasteiger partial charge in [0.15, 0.2) is 0 Å². The highest BCUT2D eigenvalue weighted by molar-refractivity contribution is 5.94. The fourth-order valence-corrected chi connectivity index (χ4v) is 3.97. The monoisotopic (exact) mass is 424 g/mol. The van der Waals surface area contributed by atoms with E-state index in [1.807, 2.05) is 41.3 Å². The Kier molecular flexibility index (Phi) is 6.41. The van der Waals surface area contributed by atoms with E-state index in [1.165, 1.54) is 0 Å². The molecule has 0 N–H and O–H groups in total.